The van der Waals surface area contributed by atoms with Crippen LogP contribution < -0.4 is 4.90 Å². The van der Waals surface area contributed by atoms with Crippen LogP contribution in [0.15, 0.2) is 30.3 Å². The Hall–Kier alpha value is -1.35. The van der Waals surface area contributed by atoms with Crippen molar-refractivity contribution >= 4 is 11.6 Å². The molecule has 0 saturated heterocycles. The highest BCUT2D eigenvalue weighted by Crippen LogP contribution is 2.27. The van der Waals surface area contributed by atoms with Crippen LogP contribution in [0.3, 0.4) is 0 Å². The Bertz CT molecular complexity index is 426. The minimum atomic E-state index is 0.187. The van der Waals surface area contributed by atoms with E-state index >= 15 is 0 Å². The van der Waals surface area contributed by atoms with Gasteiger partial charge in [-0.3, -0.25) is 9.69 Å². The van der Waals surface area contributed by atoms with Gasteiger partial charge in [0.25, 0.3) is 0 Å². The molecule has 1 aliphatic carbocycles. The van der Waals surface area contributed by atoms with Crippen molar-refractivity contribution in [3.8, 4) is 0 Å². The fourth-order valence-corrected chi connectivity index (χ4v) is 2.33. The molecule has 0 bridgehead atoms. The fraction of sp³-hybridized carbons (Fsp3) is 0.588. The lowest BCUT2D eigenvalue weighted by atomic mass is 10.1. The van der Waals surface area contributed by atoms with Gasteiger partial charge in [0.1, 0.15) is 0 Å². The SMILES string of the molecule is CC(C)CCN(CC(=O)N(C)c1ccccc1)C1CC1. The quantitative estimate of drug-likeness (QED) is 0.762. The second-order valence-electron chi connectivity index (χ2n) is 6.17. The zero-order chi connectivity index (χ0) is 14.5. The molecule has 3 nitrogen and oxygen atoms in total. The van der Waals surface area contributed by atoms with Crippen LogP contribution in [0, 0.1) is 5.92 Å². The highest BCUT2D eigenvalue weighted by molar-refractivity contribution is 5.94. The molecule has 0 N–H and O–H groups in total. The molecule has 0 aromatic heterocycles. The van der Waals surface area contributed by atoms with Crippen LogP contribution >= 0.6 is 0 Å². The van der Waals surface area contributed by atoms with Gasteiger partial charge in [-0.15, -0.1) is 0 Å². The Morgan fingerprint density at radius 2 is 1.90 bits per heavy atom. The largest absolute Gasteiger partial charge is 0.314 e. The number of nitrogens with zero attached hydrogens (tertiary/aromatic N) is 2. The lowest BCUT2D eigenvalue weighted by Gasteiger charge is -2.25. The average Bonchev–Trinajstić information content (AvgIpc) is 3.27. The van der Waals surface area contributed by atoms with Gasteiger partial charge in [0.15, 0.2) is 0 Å². The summed E-state index contributed by atoms with van der Waals surface area (Å²) in [6.45, 7) is 6.06. The van der Waals surface area contributed by atoms with Crippen LogP contribution in [0.2, 0.25) is 0 Å². The standard InChI is InChI=1S/C17H26N2O/c1-14(2)11-12-19(16-9-10-16)13-17(20)18(3)15-7-5-4-6-8-15/h4-8,14,16H,9-13H2,1-3H3. The van der Waals surface area contributed by atoms with Gasteiger partial charge >= 0.3 is 0 Å². The van der Waals surface area contributed by atoms with Crippen molar-refractivity contribution < 1.29 is 4.79 Å². The van der Waals surface area contributed by atoms with E-state index in [0.29, 0.717) is 18.5 Å². The number of likely N-dealkylation sites (N-methyl/N-ethyl adjacent to an activating group) is 1. The van der Waals surface area contributed by atoms with E-state index in [9.17, 15) is 4.79 Å². The molecule has 1 amide bonds. The molecule has 1 aromatic rings. The number of rotatable bonds is 7. The number of anilines is 1. The molecule has 3 heteroatoms. The van der Waals surface area contributed by atoms with Crippen molar-refractivity contribution in [1.82, 2.24) is 4.90 Å². The third-order valence-electron chi connectivity index (χ3n) is 3.91. The summed E-state index contributed by atoms with van der Waals surface area (Å²) in [6, 6.07) is 10.5. The minimum absolute atomic E-state index is 0.187. The van der Waals surface area contributed by atoms with E-state index in [-0.39, 0.29) is 5.91 Å². The molecule has 0 aliphatic heterocycles. The Morgan fingerprint density at radius 3 is 2.45 bits per heavy atom. The van der Waals surface area contributed by atoms with Crippen LogP contribution in [0.4, 0.5) is 5.69 Å². The Morgan fingerprint density at radius 1 is 1.25 bits per heavy atom. The Labute approximate surface area is 122 Å². The van der Waals surface area contributed by atoms with E-state index in [1.54, 1.807) is 4.90 Å². The molecule has 0 spiro atoms. The van der Waals surface area contributed by atoms with Crippen LogP contribution in [0.25, 0.3) is 0 Å². The zero-order valence-electron chi connectivity index (χ0n) is 12.9. The third kappa shape index (κ3) is 4.34. The first-order valence-corrected chi connectivity index (χ1v) is 7.63. The summed E-state index contributed by atoms with van der Waals surface area (Å²) in [4.78, 5) is 16.5. The van der Waals surface area contributed by atoms with Crippen molar-refractivity contribution in [3.05, 3.63) is 30.3 Å². The maximum absolute atomic E-state index is 12.4. The number of hydrogen-bond acceptors (Lipinski definition) is 2. The normalized spacial score (nSPS) is 14.8. The van der Waals surface area contributed by atoms with Gasteiger partial charge in [0.2, 0.25) is 5.91 Å². The second kappa shape index (κ2) is 6.89. The Balaban J connectivity index is 1.91. The van der Waals surface area contributed by atoms with Crippen LogP contribution in [0.5, 0.6) is 0 Å². The number of benzene rings is 1. The van der Waals surface area contributed by atoms with E-state index in [1.807, 2.05) is 37.4 Å². The predicted octanol–water partition coefficient (Wildman–Crippen LogP) is 3.16. The lowest BCUT2D eigenvalue weighted by Crippen LogP contribution is -2.40. The first kappa shape index (κ1) is 15.0. The smallest absolute Gasteiger partial charge is 0.240 e. The average molecular weight is 274 g/mol. The van der Waals surface area contributed by atoms with Crippen LogP contribution in [-0.4, -0.2) is 37.0 Å². The van der Waals surface area contributed by atoms with E-state index in [0.717, 1.165) is 12.2 Å². The van der Waals surface area contributed by atoms with Gasteiger partial charge in [-0.1, -0.05) is 32.0 Å². The van der Waals surface area contributed by atoms with E-state index < -0.39 is 0 Å². The predicted molar refractivity (Wildman–Crippen MR) is 83.9 cm³/mol. The van der Waals surface area contributed by atoms with Crippen LogP contribution in [-0.2, 0) is 4.79 Å². The van der Waals surface area contributed by atoms with Gasteiger partial charge in [0.05, 0.1) is 6.54 Å². The molecule has 110 valence electrons. The summed E-state index contributed by atoms with van der Waals surface area (Å²) in [5.41, 5.74) is 0.970. The van der Waals surface area contributed by atoms with Gasteiger partial charge < -0.3 is 4.90 Å². The van der Waals surface area contributed by atoms with Crippen molar-refractivity contribution in [2.75, 3.05) is 25.0 Å². The second-order valence-corrected chi connectivity index (χ2v) is 6.17. The topological polar surface area (TPSA) is 23.6 Å². The molecule has 20 heavy (non-hydrogen) atoms. The molecule has 0 radical (unpaired) electrons. The molecular weight excluding hydrogens is 248 g/mol. The van der Waals surface area contributed by atoms with Crippen molar-refractivity contribution in [3.63, 3.8) is 0 Å². The Kier molecular flexibility index (Phi) is 5.18. The summed E-state index contributed by atoms with van der Waals surface area (Å²) >= 11 is 0. The van der Waals surface area contributed by atoms with E-state index in [2.05, 4.69) is 18.7 Å². The maximum Gasteiger partial charge on any atom is 0.240 e. The van der Waals surface area contributed by atoms with Gasteiger partial charge in [-0.05, 0) is 43.9 Å². The number of para-hydroxylation sites is 1. The van der Waals surface area contributed by atoms with Crippen LogP contribution in [0.1, 0.15) is 33.1 Å². The molecule has 1 aromatic carbocycles. The summed E-state index contributed by atoms with van der Waals surface area (Å²) in [5, 5.41) is 0. The van der Waals surface area contributed by atoms with Crippen molar-refractivity contribution in [1.29, 1.82) is 0 Å². The highest BCUT2D eigenvalue weighted by Gasteiger charge is 2.30. The highest BCUT2D eigenvalue weighted by atomic mass is 16.2. The summed E-state index contributed by atoms with van der Waals surface area (Å²) in [7, 11) is 1.87. The summed E-state index contributed by atoms with van der Waals surface area (Å²) in [5.74, 6) is 0.880. The van der Waals surface area contributed by atoms with Crippen molar-refractivity contribution in [2.45, 2.75) is 39.2 Å². The molecule has 0 heterocycles. The molecular formula is C17H26N2O. The molecule has 1 aliphatic rings. The zero-order valence-corrected chi connectivity index (χ0v) is 12.9. The molecule has 1 fully saturated rings. The first-order chi connectivity index (χ1) is 9.58. The van der Waals surface area contributed by atoms with Gasteiger partial charge in [0, 0.05) is 18.8 Å². The summed E-state index contributed by atoms with van der Waals surface area (Å²) in [6.07, 6.45) is 3.67. The number of amides is 1. The van der Waals surface area contributed by atoms with E-state index in [1.165, 1.54) is 19.3 Å². The van der Waals surface area contributed by atoms with Gasteiger partial charge in [-0.25, -0.2) is 0 Å². The van der Waals surface area contributed by atoms with Crippen molar-refractivity contribution in [2.24, 2.45) is 5.92 Å². The maximum atomic E-state index is 12.4. The number of carbonyl (C=O) groups is 1. The summed E-state index contributed by atoms with van der Waals surface area (Å²) < 4.78 is 0. The molecule has 0 atom stereocenters. The number of hydrogen-bond donors (Lipinski definition) is 0. The first-order valence-electron chi connectivity index (χ1n) is 7.63. The van der Waals surface area contributed by atoms with Gasteiger partial charge in [-0.2, -0.15) is 0 Å². The lowest BCUT2D eigenvalue weighted by molar-refractivity contribution is -0.119. The molecule has 0 unspecified atom stereocenters. The fourth-order valence-electron chi connectivity index (χ4n) is 2.33. The third-order valence-corrected chi connectivity index (χ3v) is 3.91. The number of carbonyl (C=O) groups excluding carboxylic acids is 1. The molecule has 2 rings (SSSR count). The molecule has 1 saturated carbocycles. The monoisotopic (exact) mass is 274 g/mol. The van der Waals surface area contributed by atoms with E-state index in [4.69, 9.17) is 0 Å². The minimum Gasteiger partial charge on any atom is -0.314 e.